The molecule has 2 amide bonds. The first-order chi connectivity index (χ1) is 11.7. The highest BCUT2D eigenvalue weighted by atomic mass is 19.1. The van der Waals surface area contributed by atoms with Crippen molar-refractivity contribution in [3.8, 4) is 5.88 Å². The summed E-state index contributed by atoms with van der Waals surface area (Å²) in [4.78, 5) is 17.8. The van der Waals surface area contributed by atoms with Gasteiger partial charge in [-0.1, -0.05) is 0 Å². The number of carbonyl (C=O) groups excluding carboxylic acids is 1. The maximum atomic E-state index is 13.6. The van der Waals surface area contributed by atoms with Crippen molar-refractivity contribution in [2.45, 2.75) is 25.5 Å². The molecule has 1 saturated heterocycles. The van der Waals surface area contributed by atoms with Gasteiger partial charge in [0.05, 0.1) is 18.8 Å². The number of likely N-dealkylation sites (tertiary alicyclic amines) is 1. The minimum Gasteiger partial charge on any atom is -0.470 e. The largest absolute Gasteiger partial charge is 0.470 e. The molecule has 7 nitrogen and oxygen atoms in total. The number of piperidine rings is 1. The first-order valence-electron chi connectivity index (χ1n) is 7.79. The maximum absolute atomic E-state index is 13.6. The van der Waals surface area contributed by atoms with Crippen LogP contribution in [0.4, 0.5) is 9.18 Å². The van der Waals surface area contributed by atoms with Crippen LogP contribution in [0.15, 0.2) is 36.7 Å². The van der Waals surface area contributed by atoms with Crippen molar-refractivity contribution in [2.75, 3.05) is 13.1 Å². The quantitative estimate of drug-likeness (QED) is 0.923. The number of nitrogens with one attached hydrogen (secondary N) is 1. The second kappa shape index (κ2) is 7.67. The molecule has 1 fully saturated rings. The predicted octanol–water partition coefficient (Wildman–Crippen LogP) is 1.76. The number of hydrogen-bond donors (Lipinski definition) is 1. The van der Waals surface area contributed by atoms with Crippen molar-refractivity contribution >= 4 is 6.03 Å². The lowest BCUT2D eigenvalue weighted by Gasteiger charge is -2.32. The van der Waals surface area contributed by atoms with Crippen molar-refractivity contribution < 1.29 is 13.9 Å². The molecule has 3 rings (SSSR count). The molecular formula is C16H18FN5O2. The molecule has 0 radical (unpaired) electrons. The topological polar surface area (TPSA) is 80.2 Å². The molecule has 1 atom stereocenters. The summed E-state index contributed by atoms with van der Waals surface area (Å²) in [7, 11) is 0. The Morgan fingerprint density at radius 1 is 1.38 bits per heavy atom. The van der Waals surface area contributed by atoms with Crippen LogP contribution >= 0.6 is 0 Å². The molecule has 126 valence electrons. The summed E-state index contributed by atoms with van der Waals surface area (Å²) in [6, 6.07) is 6.17. The number of carbonyl (C=O) groups is 1. The van der Waals surface area contributed by atoms with Gasteiger partial charge >= 0.3 is 6.03 Å². The van der Waals surface area contributed by atoms with Crippen molar-refractivity contribution in [3.63, 3.8) is 0 Å². The summed E-state index contributed by atoms with van der Waals surface area (Å²) in [5, 5.41) is 10.5. The Balaban J connectivity index is 1.53. The van der Waals surface area contributed by atoms with Crippen LogP contribution in [0.3, 0.4) is 0 Å². The molecule has 1 unspecified atom stereocenters. The third-order valence-electron chi connectivity index (χ3n) is 3.72. The van der Waals surface area contributed by atoms with Crippen molar-refractivity contribution in [3.05, 3.63) is 48.2 Å². The van der Waals surface area contributed by atoms with Crippen LogP contribution in [0.2, 0.25) is 0 Å². The average Bonchev–Trinajstić information content (AvgIpc) is 2.63. The van der Waals surface area contributed by atoms with Gasteiger partial charge in [-0.2, -0.15) is 10.2 Å². The number of halogens is 1. The summed E-state index contributed by atoms with van der Waals surface area (Å²) in [6.07, 6.45) is 4.33. The van der Waals surface area contributed by atoms with Crippen molar-refractivity contribution in [2.24, 2.45) is 0 Å². The lowest BCUT2D eigenvalue weighted by atomic mass is 10.1. The Kier molecular flexibility index (Phi) is 5.15. The zero-order chi connectivity index (χ0) is 16.8. The first kappa shape index (κ1) is 16.1. The standard InChI is InChI=1S/C16H18FN5O2/c17-14-6-2-7-18-15(14)24-13-5-3-9-22(11-13)16(23)19-10-12-4-1-8-20-21-12/h1-2,4,6-8,13H,3,5,9-11H2,(H,19,23). The van der Waals surface area contributed by atoms with Crippen molar-refractivity contribution in [1.82, 2.24) is 25.4 Å². The van der Waals surface area contributed by atoms with Crippen LogP contribution in [-0.2, 0) is 6.54 Å². The Bertz CT molecular complexity index is 685. The number of amides is 2. The summed E-state index contributed by atoms with van der Waals surface area (Å²) in [6.45, 7) is 1.34. The summed E-state index contributed by atoms with van der Waals surface area (Å²) in [5.74, 6) is -0.522. The third-order valence-corrected chi connectivity index (χ3v) is 3.72. The number of ether oxygens (including phenoxy) is 1. The van der Waals surface area contributed by atoms with E-state index in [1.54, 1.807) is 23.2 Å². The minimum atomic E-state index is -0.498. The Labute approximate surface area is 138 Å². The van der Waals surface area contributed by atoms with E-state index in [2.05, 4.69) is 20.5 Å². The van der Waals surface area contributed by atoms with E-state index in [4.69, 9.17) is 4.74 Å². The second-order valence-electron chi connectivity index (χ2n) is 5.49. The van der Waals surface area contributed by atoms with Crippen LogP contribution in [0.1, 0.15) is 18.5 Å². The minimum absolute atomic E-state index is 0.0238. The summed E-state index contributed by atoms with van der Waals surface area (Å²) >= 11 is 0. The van der Waals surface area contributed by atoms with E-state index in [-0.39, 0.29) is 18.0 Å². The first-order valence-corrected chi connectivity index (χ1v) is 7.79. The van der Waals surface area contributed by atoms with Crippen LogP contribution in [0.5, 0.6) is 5.88 Å². The van der Waals surface area contributed by atoms with Gasteiger partial charge in [-0.3, -0.25) is 0 Å². The normalized spacial score (nSPS) is 17.4. The molecule has 0 spiro atoms. The molecule has 0 aromatic carbocycles. The lowest BCUT2D eigenvalue weighted by Crippen LogP contribution is -2.48. The smallest absolute Gasteiger partial charge is 0.317 e. The molecule has 2 aromatic rings. The molecular weight excluding hydrogens is 313 g/mol. The average molecular weight is 331 g/mol. The van der Waals surface area contributed by atoms with Crippen molar-refractivity contribution in [1.29, 1.82) is 0 Å². The van der Waals surface area contributed by atoms with E-state index in [1.807, 2.05) is 0 Å². The SMILES string of the molecule is O=C(NCc1cccnn1)N1CCCC(Oc2ncccc2F)C1. The fourth-order valence-electron chi connectivity index (χ4n) is 2.54. The van der Waals surface area contributed by atoms with Crippen LogP contribution < -0.4 is 10.1 Å². The van der Waals surface area contributed by atoms with E-state index in [9.17, 15) is 9.18 Å². The molecule has 0 saturated carbocycles. The monoisotopic (exact) mass is 331 g/mol. The number of hydrogen-bond acceptors (Lipinski definition) is 5. The third kappa shape index (κ3) is 4.15. The van der Waals surface area contributed by atoms with Crippen LogP contribution in [-0.4, -0.2) is 45.3 Å². The number of aromatic nitrogens is 3. The molecule has 0 aliphatic carbocycles. The zero-order valence-corrected chi connectivity index (χ0v) is 13.1. The fraction of sp³-hybridized carbons (Fsp3) is 0.375. The van der Waals surface area contributed by atoms with E-state index < -0.39 is 5.82 Å². The molecule has 1 N–H and O–H groups in total. The highest BCUT2D eigenvalue weighted by Crippen LogP contribution is 2.19. The zero-order valence-electron chi connectivity index (χ0n) is 13.1. The second-order valence-corrected chi connectivity index (χ2v) is 5.49. The molecule has 8 heteroatoms. The number of urea groups is 1. The van der Waals surface area contributed by atoms with Gasteiger partial charge in [0.25, 0.3) is 5.88 Å². The molecule has 24 heavy (non-hydrogen) atoms. The molecule has 0 bridgehead atoms. The number of pyridine rings is 1. The fourth-order valence-corrected chi connectivity index (χ4v) is 2.54. The van der Waals surface area contributed by atoms with E-state index in [0.29, 0.717) is 25.3 Å². The molecule has 2 aromatic heterocycles. The Hall–Kier alpha value is -2.77. The van der Waals surface area contributed by atoms with Crippen LogP contribution in [0, 0.1) is 5.82 Å². The van der Waals surface area contributed by atoms with E-state index >= 15 is 0 Å². The molecule has 1 aliphatic heterocycles. The van der Waals surface area contributed by atoms with Gasteiger partial charge in [0.2, 0.25) is 0 Å². The number of nitrogens with zero attached hydrogens (tertiary/aromatic N) is 4. The Morgan fingerprint density at radius 2 is 2.25 bits per heavy atom. The van der Waals surface area contributed by atoms with Gasteiger partial charge in [0.15, 0.2) is 5.82 Å². The summed E-state index contributed by atoms with van der Waals surface area (Å²) in [5.41, 5.74) is 0.686. The number of rotatable bonds is 4. The highest BCUT2D eigenvalue weighted by Gasteiger charge is 2.25. The van der Waals surface area contributed by atoms with Crippen LogP contribution in [0.25, 0.3) is 0 Å². The van der Waals surface area contributed by atoms with Gasteiger partial charge in [-0.15, -0.1) is 0 Å². The van der Waals surface area contributed by atoms with Gasteiger partial charge in [-0.05, 0) is 37.1 Å². The van der Waals surface area contributed by atoms with E-state index in [1.165, 1.54) is 18.3 Å². The molecule has 1 aliphatic rings. The lowest BCUT2D eigenvalue weighted by molar-refractivity contribution is 0.0941. The van der Waals surface area contributed by atoms with Gasteiger partial charge in [-0.25, -0.2) is 14.2 Å². The summed E-state index contributed by atoms with van der Waals surface area (Å²) < 4.78 is 19.2. The predicted molar refractivity (Wildman–Crippen MR) is 83.7 cm³/mol. The molecule has 3 heterocycles. The Morgan fingerprint density at radius 3 is 3.04 bits per heavy atom. The highest BCUT2D eigenvalue weighted by molar-refractivity contribution is 5.74. The van der Waals surface area contributed by atoms with E-state index in [0.717, 1.165) is 12.8 Å². The maximum Gasteiger partial charge on any atom is 0.317 e. The van der Waals surface area contributed by atoms with Gasteiger partial charge in [0, 0.05) is 18.9 Å². The van der Waals surface area contributed by atoms with Gasteiger partial charge < -0.3 is 15.0 Å². The van der Waals surface area contributed by atoms with Gasteiger partial charge in [0.1, 0.15) is 6.10 Å².